The number of carbonyl (C=O) groups is 3. The maximum Gasteiger partial charge on any atom is 0.335 e. The average Bonchev–Trinajstić information content (AvgIpc) is 2.85. The predicted molar refractivity (Wildman–Crippen MR) is 68.5 cm³/mol. The molecule has 1 N–H and O–H groups in total. The van der Waals surface area contributed by atoms with Crippen molar-refractivity contribution in [2.24, 2.45) is 0 Å². The van der Waals surface area contributed by atoms with Crippen LogP contribution in [0.15, 0.2) is 18.2 Å². The summed E-state index contributed by atoms with van der Waals surface area (Å²) in [6, 6.07) is 4.34. The van der Waals surface area contributed by atoms with E-state index >= 15 is 0 Å². The van der Waals surface area contributed by atoms with Gasteiger partial charge in [0.05, 0.1) is 11.3 Å². The molecule has 0 radical (unpaired) electrons. The number of hydrogen-bond acceptors (Lipinski definition) is 4. The molecule has 2 heterocycles. The summed E-state index contributed by atoms with van der Waals surface area (Å²) in [5, 5.41) is 8.94. The molecule has 0 spiro atoms. The molecule has 3 rings (SSSR count). The number of hydrogen-bond donors (Lipinski definition) is 1. The van der Waals surface area contributed by atoms with Crippen molar-refractivity contribution >= 4 is 23.5 Å². The van der Waals surface area contributed by atoms with E-state index in [1.54, 1.807) is 6.92 Å². The highest BCUT2D eigenvalue weighted by atomic mass is 16.5. The number of imide groups is 1. The summed E-state index contributed by atoms with van der Waals surface area (Å²) in [5.74, 6) is -1.77. The fraction of sp³-hybridized carbons (Fsp3) is 0.357. The fourth-order valence-corrected chi connectivity index (χ4v) is 2.67. The van der Waals surface area contributed by atoms with Crippen molar-refractivity contribution in [3.63, 3.8) is 0 Å². The van der Waals surface area contributed by atoms with Crippen LogP contribution in [0.5, 0.6) is 0 Å². The lowest BCUT2D eigenvalue weighted by Crippen LogP contribution is -2.52. The van der Waals surface area contributed by atoms with Gasteiger partial charge in [0.15, 0.2) is 0 Å². The molecule has 2 saturated heterocycles. The maximum absolute atomic E-state index is 12.2. The third kappa shape index (κ3) is 1.80. The number of carbonyl (C=O) groups excluding carboxylic acids is 2. The van der Waals surface area contributed by atoms with Gasteiger partial charge < -0.3 is 9.84 Å². The molecular weight excluding hydrogens is 262 g/mol. The van der Waals surface area contributed by atoms with Gasteiger partial charge in [-0.2, -0.15) is 0 Å². The van der Waals surface area contributed by atoms with Crippen molar-refractivity contribution < 1.29 is 24.2 Å². The van der Waals surface area contributed by atoms with Gasteiger partial charge in [-0.1, -0.05) is 0 Å². The molecule has 1 aromatic carbocycles. The molecule has 6 heteroatoms. The van der Waals surface area contributed by atoms with E-state index in [1.807, 2.05) is 0 Å². The highest BCUT2D eigenvalue weighted by Gasteiger charge is 2.47. The lowest BCUT2D eigenvalue weighted by atomic mass is 10.1. The number of anilines is 1. The number of rotatable bonds is 2. The molecule has 2 unspecified atom stereocenters. The number of aryl methyl sites for hydroxylation is 1. The van der Waals surface area contributed by atoms with E-state index in [0.717, 1.165) is 4.90 Å². The third-order valence-corrected chi connectivity index (χ3v) is 3.70. The lowest BCUT2D eigenvalue weighted by Gasteiger charge is -2.30. The van der Waals surface area contributed by atoms with Crippen molar-refractivity contribution in [1.29, 1.82) is 0 Å². The summed E-state index contributed by atoms with van der Waals surface area (Å²) in [7, 11) is 0. The number of carboxylic acids is 1. The van der Waals surface area contributed by atoms with Crippen LogP contribution in [0, 0.1) is 6.92 Å². The third-order valence-electron chi connectivity index (χ3n) is 3.70. The zero-order valence-electron chi connectivity index (χ0n) is 10.8. The first-order valence-corrected chi connectivity index (χ1v) is 6.36. The number of ether oxygens (including phenoxy) is 1. The lowest BCUT2D eigenvalue weighted by molar-refractivity contribution is -0.146. The molecule has 1 aromatic rings. The zero-order chi connectivity index (χ0) is 14.4. The molecule has 2 aliphatic heterocycles. The molecule has 2 fully saturated rings. The van der Waals surface area contributed by atoms with Gasteiger partial charge in [-0.3, -0.25) is 9.59 Å². The second-order valence-corrected chi connectivity index (χ2v) is 5.01. The Balaban J connectivity index is 2.02. The van der Waals surface area contributed by atoms with Gasteiger partial charge >= 0.3 is 5.97 Å². The molecule has 2 bridgehead atoms. The topological polar surface area (TPSA) is 83.9 Å². The van der Waals surface area contributed by atoms with Gasteiger partial charge in [-0.25, -0.2) is 9.69 Å². The highest BCUT2D eigenvalue weighted by Crippen LogP contribution is 2.33. The number of carboxylic acid groups (broad SMARTS) is 1. The van der Waals surface area contributed by atoms with Gasteiger partial charge in [-0.15, -0.1) is 0 Å². The van der Waals surface area contributed by atoms with Gasteiger partial charge in [0.2, 0.25) is 0 Å². The molecular formula is C14H13NO5. The number of morpholine rings is 1. The summed E-state index contributed by atoms with van der Waals surface area (Å²) in [4.78, 5) is 36.5. The van der Waals surface area contributed by atoms with Crippen LogP contribution in [0.25, 0.3) is 0 Å². The van der Waals surface area contributed by atoms with E-state index in [2.05, 4.69) is 0 Å². The molecule has 104 valence electrons. The van der Waals surface area contributed by atoms with Crippen LogP contribution < -0.4 is 4.90 Å². The standard InChI is InChI=1S/C14H13NO5/c1-7-6-8(14(18)19)2-3-9(7)15-12(16)10-4-5-11(20-10)13(15)17/h2-3,6,10-11H,4-5H2,1H3,(H,18,19). The first kappa shape index (κ1) is 12.8. The Kier molecular flexibility index (Phi) is 2.83. The van der Waals surface area contributed by atoms with Crippen molar-refractivity contribution in [3.8, 4) is 0 Å². The Hall–Kier alpha value is -2.21. The number of nitrogens with zero attached hydrogens (tertiary/aromatic N) is 1. The second kappa shape index (κ2) is 4.42. The summed E-state index contributed by atoms with van der Waals surface area (Å²) < 4.78 is 5.34. The van der Waals surface area contributed by atoms with Gasteiger partial charge in [-0.05, 0) is 43.5 Å². The van der Waals surface area contributed by atoms with E-state index in [-0.39, 0.29) is 17.4 Å². The molecule has 2 amide bonds. The second-order valence-electron chi connectivity index (χ2n) is 5.01. The predicted octanol–water partition coefficient (Wildman–Crippen LogP) is 1.11. The monoisotopic (exact) mass is 275 g/mol. The first-order valence-electron chi connectivity index (χ1n) is 6.36. The number of aromatic carboxylic acids is 1. The molecule has 0 aromatic heterocycles. The fourth-order valence-electron chi connectivity index (χ4n) is 2.67. The van der Waals surface area contributed by atoms with Crippen LogP contribution in [-0.4, -0.2) is 35.1 Å². The largest absolute Gasteiger partial charge is 0.478 e. The van der Waals surface area contributed by atoms with E-state index in [9.17, 15) is 14.4 Å². The normalized spacial score (nSPS) is 25.1. The summed E-state index contributed by atoms with van der Waals surface area (Å²) >= 11 is 0. The van der Waals surface area contributed by atoms with E-state index in [1.165, 1.54) is 18.2 Å². The Labute approximate surface area is 114 Å². The molecule has 2 aliphatic rings. The first-order chi connectivity index (χ1) is 9.49. The molecule has 20 heavy (non-hydrogen) atoms. The average molecular weight is 275 g/mol. The van der Waals surface area contributed by atoms with E-state index < -0.39 is 18.2 Å². The Morgan fingerprint density at radius 3 is 2.35 bits per heavy atom. The van der Waals surface area contributed by atoms with Crippen LogP contribution in [0.1, 0.15) is 28.8 Å². The minimum atomic E-state index is -1.04. The Bertz CT molecular complexity index is 602. The van der Waals surface area contributed by atoms with Gasteiger partial charge in [0.25, 0.3) is 11.8 Å². The van der Waals surface area contributed by atoms with E-state index in [4.69, 9.17) is 9.84 Å². The smallest absolute Gasteiger partial charge is 0.335 e. The van der Waals surface area contributed by atoms with Crippen molar-refractivity contribution in [1.82, 2.24) is 0 Å². The molecule has 2 atom stereocenters. The zero-order valence-corrected chi connectivity index (χ0v) is 10.8. The minimum absolute atomic E-state index is 0.127. The summed E-state index contributed by atoms with van der Waals surface area (Å²) in [6.07, 6.45) is -0.0109. The molecule has 6 nitrogen and oxygen atoms in total. The van der Waals surface area contributed by atoms with Crippen LogP contribution in [0.3, 0.4) is 0 Å². The van der Waals surface area contributed by atoms with Crippen LogP contribution in [0.4, 0.5) is 5.69 Å². The van der Waals surface area contributed by atoms with Crippen molar-refractivity contribution in [2.45, 2.75) is 32.0 Å². The number of amides is 2. The SMILES string of the molecule is Cc1cc(C(=O)O)ccc1N1C(=O)C2CCC(O2)C1=O. The van der Waals surface area contributed by atoms with Crippen LogP contribution >= 0.6 is 0 Å². The quantitative estimate of drug-likeness (QED) is 0.817. The van der Waals surface area contributed by atoms with Crippen molar-refractivity contribution in [3.05, 3.63) is 29.3 Å². The Morgan fingerprint density at radius 1 is 1.25 bits per heavy atom. The Morgan fingerprint density at radius 2 is 1.85 bits per heavy atom. The maximum atomic E-state index is 12.2. The number of benzene rings is 1. The van der Waals surface area contributed by atoms with Crippen LogP contribution in [0.2, 0.25) is 0 Å². The molecule has 0 aliphatic carbocycles. The van der Waals surface area contributed by atoms with Gasteiger partial charge in [0.1, 0.15) is 12.2 Å². The molecule has 0 saturated carbocycles. The van der Waals surface area contributed by atoms with E-state index in [0.29, 0.717) is 24.1 Å². The highest BCUT2D eigenvalue weighted by molar-refractivity contribution is 6.20. The number of fused-ring (bicyclic) bond motifs is 2. The summed E-state index contributed by atoms with van der Waals surface area (Å²) in [6.45, 7) is 1.68. The summed E-state index contributed by atoms with van der Waals surface area (Å²) in [5.41, 5.74) is 1.14. The van der Waals surface area contributed by atoms with Crippen LogP contribution in [-0.2, 0) is 14.3 Å². The van der Waals surface area contributed by atoms with Gasteiger partial charge in [0, 0.05) is 0 Å². The van der Waals surface area contributed by atoms with Crippen molar-refractivity contribution in [2.75, 3.05) is 4.90 Å². The minimum Gasteiger partial charge on any atom is -0.478 e.